The molecule has 0 amide bonds. The Hall–Kier alpha value is -2.10. The van der Waals surface area contributed by atoms with Crippen LogP contribution in [0.1, 0.15) is 12.5 Å². The number of rotatable bonds is 2. The third-order valence-corrected chi connectivity index (χ3v) is 2.72. The van der Waals surface area contributed by atoms with E-state index in [0.717, 1.165) is 17.0 Å². The number of allylic oxidation sites excluding steroid dienone is 1. The number of carboxylic acid groups (broad SMARTS) is 1. The molecule has 0 unspecified atom stereocenters. The number of carbonyl (C=O) groups is 1. The second-order valence-electron chi connectivity index (χ2n) is 3.96. The van der Waals surface area contributed by atoms with E-state index < -0.39 is 5.97 Å². The van der Waals surface area contributed by atoms with Crippen LogP contribution < -0.4 is 0 Å². The van der Waals surface area contributed by atoms with Crippen molar-refractivity contribution in [3.05, 3.63) is 41.9 Å². The van der Waals surface area contributed by atoms with E-state index in [-0.39, 0.29) is 5.82 Å². The fourth-order valence-electron chi connectivity index (χ4n) is 2.00. The Morgan fingerprint density at radius 1 is 1.47 bits per heavy atom. The molecule has 88 valence electrons. The smallest absolute Gasteiger partial charge is 0.328 e. The molecular weight excluding hydrogens is 221 g/mol. The summed E-state index contributed by atoms with van der Waals surface area (Å²) in [5.74, 6) is -1.31. The summed E-state index contributed by atoms with van der Waals surface area (Å²) < 4.78 is 15.3. The summed E-state index contributed by atoms with van der Waals surface area (Å²) in [7, 11) is 1.74. The summed E-state index contributed by atoms with van der Waals surface area (Å²) >= 11 is 0. The minimum atomic E-state index is -1.00. The molecule has 0 atom stereocenters. The predicted octanol–water partition coefficient (Wildman–Crippen LogP) is 2.81. The monoisotopic (exact) mass is 233 g/mol. The number of halogens is 1. The molecule has 0 aliphatic heterocycles. The first-order valence-corrected chi connectivity index (χ1v) is 5.16. The van der Waals surface area contributed by atoms with Crippen molar-refractivity contribution < 1.29 is 14.3 Å². The van der Waals surface area contributed by atoms with Gasteiger partial charge in [-0.15, -0.1) is 0 Å². The molecule has 1 heterocycles. The van der Waals surface area contributed by atoms with Gasteiger partial charge in [0.25, 0.3) is 0 Å². The average molecular weight is 233 g/mol. The third-order valence-electron chi connectivity index (χ3n) is 2.72. The van der Waals surface area contributed by atoms with Crippen LogP contribution in [0.3, 0.4) is 0 Å². The molecule has 0 bridgehead atoms. The molecule has 0 saturated carbocycles. The van der Waals surface area contributed by atoms with E-state index in [1.54, 1.807) is 36.9 Å². The van der Waals surface area contributed by atoms with Crippen molar-refractivity contribution in [1.29, 1.82) is 0 Å². The zero-order chi connectivity index (χ0) is 12.6. The first kappa shape index (κ1) is 11.4. The van der Waals surface area contributed by atoms with E-state index in [0.29, 0.717) is 11.1 Å². The maximum Gasteiger partial charge on any atom is 0.328 e. The van der Waals surface area contributed by atoms with E-state index in [1.807, 2.05) is 0 Å². The number of carboxylic acids is 1. The van der Waals surface area contributed by atoms with Gasteiger partial charge >= 0.3 is 5.97 Å². The summed E-state index contributed by atoms with van der Waals surface area (Å²) in [6.45, 7) is 1.70. The van der Waals surface area contributed by atoms with Crippen LogP contribution in [0.5, 0.6) is 0 Å². The molecule has 0 radical (unpaired) electrons. The van der Waals surface area contributed by atoms with E-state index in [2.05, 4.69) is 0 Å². The lowest BCUT2D eigenvalue weighted by Crippen LogP contribution is -1.89. The molecule has 4 heteroatoms. The summed E-state index contributed by atoms with van der Waals surface area (Å²) in [6.07, 6.45) is 2.86. The lowest BCUT2D eigenvalue weighted by molar-refractivity contribution is -0.131. The molecule has 0 saturated heterocycles. The van der Waals surface area contributed by atoms with E-state index in [4.69, 9.17) is 5.11 Å². The molecule has 1 aromatic heterocycles. The Kier molecular flexibility index (Phi) is 2.71. The fourth-order valence-corrected chi connectivity index (χ4v) is 2.00. The van der Waals surface area contributed by atoms with Crippen molar-refractivity contribution in [1.82, 2.24) is 4.57 Å². The van der Waals surface area contributed by atoms with Crippen LogP contribution in [0, 0.1) is 5.82 Å². The SMILES string of the molecule is C/C(=C\C(=O)O)c1cn(C)c2c(F)cccc12. The topological polar surface area (TPSA) is 42.2 Å². The van der Waals surface area contributed by atoms with E-state index in [1.165, 1.54) is 6.07 Å². The highest BCUT2D eigenvalue weighted by atomic mass is 19.1. The highest BCUT2D eigenvalue weighted by Gasteiger charge is 2.11. The van der Waals surface area contributed by atoms with Crippen LogP contribution in [0.4, 0.5) is 4.39 Å². The number of aryl methyl sites for hydroxylation is 1. The lowest BCUT2D eigenvalue weighted by Gasteiger charge is -1.98. The summed E-state index contributed by atoms with van der Waals surface area (Å²) in [6, 6.07) is 4.80. The quantitative estimate of drug-likeness (QED) is 0.810. The van der Waals surface area contributed by atoms with Gasteiger partial charge in [-0.3, -0.25) is 0 Å². The fraction of sp³-hybridized carbons (Fsp3) is 0.154. The zero-order valence-electron chi connectivity index (χ0n) is 9.57. The molecule has 1 N–H and O–H groups in total. The standard InChI is InChI=1S/C13H12FNO2/c1-8(6-12(16)17)10-7-15(2)13-9(10)4-3-5-11(13)14/h3-7H,1-2H3,(H,16,17)/b8-6+. The van der Waals surface area contributed by atoms with Crippen molar-refractivity contribution in [2.75, 3.05) is 0 Å². The molecule has 2 rings (SSSR count). The number of aromatic nitrogens is 1. The van der Waals surface area contributed by atoms with Gasteiger partial charge in [0.2, 0.25) is 0 Å². The Bertz CT molecular complexity index is 626. The number of hydrogen-bond donors (Lipinski definition) is 1. The van der Waals surface area contributed by atoms with E-state index in [9.17, 15) is 9.18 Å². The van der Waals surface area contributed by atoms with Gasteiger partial charge in [-0.2, -0.15) is 0 Å². The second-order valence-corrected chi connectivity index (χ2v) is 3.96. The van der Waals surface area contributed by atoms with Crippen molar-refractivity contribution in [3.63, 3.8) is 0 Å². The van der Waals surface area contributed by atoms with Crippen LogP contribution in [0.2, 0.25) is 0 Å². The second kappa shape index (κ2) is 4.05. The number of para-hydroxylation sites is 1. The first-order chi connectivity index (χ1) is 8.00. The summed E-state index contributed by atoms with van der Waals surface area (Å²) in [4.78, 5) is 10.6. The highest BCUT2D eigenvalue weighted by Crippen LogP contribution is 2.28. The number of benzene rings is 1. The van der Waals surface area contributed by atoms with Crippen LogP contribution in [0.15, 0.2) is 30.5 Å². The third kappa shape index (κ3) is 1.93. The van der Waals surface area contributed by atoms with Gasteiger partial charge in [0.1, 0.15) is 5.82 Å². The maximum absolute atomic E-state index is 13.6. The Morgan fingerprint density at radius 2 is 2.18 bits per heavy atom. The molecule has 1 aromatic carbocycles. The van der Waals surface area contributed by atoms with Gasteiger partial charge in [-0.1, -0.05) is 12.1 Å². The van der Waals surface area contributed by atoms with Crippen molar-refractivity contribution in [2.45, 2.75) is 6.92 Å². The van der Waals surface area contributed by atoms with Gasteiger partial charge < -0.3 is 9.67 Å². The normalized spacial score (nSPS) is 12.1. The first-order valence-electron chi connectivity index (χ1n) is 5.16. The summed E-state index contributed by atoms with van der Waals surface area (Å²) in [5, 5.41) is 9.45. The molecule has 3 nitrogen and oxygen atoms in total. The molecule has 2 aromatic rings. The van der Waals surface area contributed by atoms with E-state index >= 15 is 0 Å². The number of nitrogens with zero attached hydrogens (tertiary/aromatic N) is 1. The van der Waals surface area contributed by atoms with Gasteiger partial charge in [-0.05, 0) is 18.6 Å². The molecular formula is C13H12FNO2. The maximum atomic E-state index is 13.6. The van der Waals surface area contributed by atoms with Crippen LogP contribution in [-0.2, 0) is 11.8 Å². The van der Waals surface area contributed by atoms with Gasteiger partial charge in [0.15, 0.2) is 0 Å². The van der Waals surface area contributed by atoms with Crippen LogP contribution >= 0.6 is 0 Å². The van der Waals surface area contributed by atoms with Crippen LogP contribution in [0.25, 0.3) is 16.5 Å². The van der Waals surface area contributed by atoms with Crippen LogP contribution in [-0.4, -0.2) is 15.6 Å². The van der Waals surface area contributed by atoms with Gasteiger partial charge in [0, 0.05) is 30.3 Å². The number of aliphatic carboxylic acids is 1. The minimum Gasteiger partial charge on any atom is -0.478 e. The molecule has 17 heavy (non-hydrogen) atoms. The molecule has 0 fully saturated rings. The Labute approximate surface area is 97.8 Å². The van der Waals surface area contributed by atoms with Crippen molar-refractivity contribution in [2.24, 2.45) is 7.05 Å². The molecule has 0 aliphatic rings. The lowest BCUT2D eigenvalue weighted by atomic mass is 10.1. The van der Waals surface area contributed by atoms with Crippen molar-refractivity contribution in [3.8, 4) is 0 Å². The highest BCUT2D eigenvalue weighted by molar-refractivity contribution is 5.98. The minimum absolute atomic E-state index is 0.306. The Balaban J connectivity index is 2.72. The Morgan fingerprint density at radius 3 is 2.82 bits per heavy atom. The predicted molar refractivity (Wildman–Crippen MR) is 64.2 cm³/mol. The van der Waals surface area contributed by atoms with Gasteiger partial charge in [-0.25, -0.2) is 9.18 Å². The summed E-state index contributed by atoms with van der Waals surface area (Å²) in [5.41, 5.74) is 1.83. The molecule has 0 spiro atoms. The zero-order valence-corrected chi connectivity index (χ0v) is 9.57. The number of fused-ring (bicyclic) bond motifs is 1. The van der Waals surface area contributed by atoms with Crippen molar-refractivity contribution >= 4 is 22.4 Å². The number of hydrogen-bond acceptors (Lipinski definition) is 1. The molecule has 0 aliphatic carbocycles. The largest absolute Gasteiger partial charge is 0.478 e. The van der Waals surface area contributed by atoms with Gasteiger partial charge in [0.05, 0.1) is 5.52 Å². The average Bonchev–Trinajstić information content (AvgIpc) is 2.56.